The molecule has 0 aliphatic carbocycles. The van der Waals surface area contributed by atoms with E-state index in [2.05, 4.69) is 50.1 Å². The summed E-state index contributed by atoms with van der Waals surface area (Å²) in [5.74, 6) is 0. The zero-order valence-corrected chi connectivity index (χ0v) is 13.8. The van der Waals surface area contributed by atoms with E-state index in [0.717, 1.165) is 19.5 Å². The Labute approximate surface area is 123 Å². The maximum absolute atomic E-state index is 4.51. The van der Waals surface area contributed by atoms with Crippen LogP contribution in [0.2, 0.25) is 0 Å². The van der Waals surface area contributed by atoms with Crippen molar-refractivity contribution in [1.29, 1.82) is 0 Å². The van der Waals surface area contributed by atoms with Crippen molar-refractivity contribution in [2.45, 2.75) is 52.6 Å². The number of rotatable bonds is 5. The van der Waals surface area contributed by atoms with Gasteiger partial charge >= 0.3 is 0 Å². The summed E-state index contributed by atoms with van der Waals surface area (Å²) in [6, 6.07) is 4.45. The average molecular weight is 294 g/mol. The molecule has 0 aliphatic rings. The molecule has 1 N–H and O–H groups in total. The lowest BCUT2D eigenvalue weighted by molar-refractivity contribution is 0.585. The fraction of sp³-hybridized carbons (Fsp3) is 0.533. The minimum absolute atomic E-state index is 0.159. The van der Waals surface area contributed by atoms with E-state index < -0.39 is 0 Å². The summed E-state index contributed by atoms with van der Waals surface area (Å²) in [6.07, 6.45) is 3.14. The molecule has 2 rings (SSSR count). The zero-order valence-electron chi connectivity index (χ0n) is 12.1. The molecule has 0 atom stereocenters. The van der Waals surface area contributed by atoms with Crippen LogP contribution in [0.5, 0.6) is 0 Å². The van der Waals surface area contributed by atoms with Crippen LogP contribution in [0.4, 0.5) is 0 Å². The molecule has 2 nitrogen and oxygen atoms in total. The number of aryl methyl sites for hydroxylation is 1. The highest BCUT2D eigenvalue weighted by molar-refractivity contribution is 7.12. The summed E-state index contributed by atoms with van der Waals surface area (Å²) in [7, 11) is 0. The third kappa shape index (κ3) is 4.13. The van der Waals surface area contributed by atoms with Crippen LogP contribution in [0.1, 0.15) is 47.3 Å². The molecule has 0 saturated heterocycles. The molecule has 0 amide bonds. The molecule has 2 heterocycles. The summed E-state index contributed by atoms with van der Waals surface area (Å²) in [4.78, 5) is 8.71. The summed E-state index contributed by atoms with van der Waals surface area (Å²) < 4.78 is 0. The SMILES string of the molecule is CCc1ccc(CNCc2cnc(C(C)(C)C)s2)s1. The molecule has 0 saturated carbocycles. The molecule has 0 aromatic carbocycles. The Kier molecular flexibility index (Phi) is 4.76. The summed E-state index contributed by atoms with van der Waals surface area (Å²) in [6.45, 7) is 10.7. The molecule has 104 valence electrons. The fourth-order valence-corrected chi connectivity index (χ4v) is 3.62. The lowest BCUT2D eigenvalue weighted by Gasteiger charge is -2.13. The Hall–Kier alpha value is -0.710. The van der Waals surface area contributed by atoms with Crippen molar-refractivity contribution in [2.24, 2.45) is 0 Å². The molecular weight excluding hydrogens is 272 g/mol. The molecule has 0 radical (unpaired) electrons. The molecule has 2 aromatic heterocycles. The first-order valence-corrected chi connectivity index (χ1v) is 8.36. The van der Waals surface area contributed by atoms with Crippen molar-refractivity contribution >= 4 is 22.7 Å². The normalized spacial score (nSPS) is 12.0. The number of thiazole rings is 1. The van der Waals surface area contributed by atoms with E-state index in [0.29, 0.717) is 0 Å². The number of hydrogen-bond acceptors (Lipinski definition) is 4. The molecule has 0 unspecified atom stereocenters. The molecule has 0 spiro atoms. The smallest absolute Gasteiger partial charge is 0.0981 e. The van der Waals surface area contributed by atoms with E-state index in [4.69, 9.17) is 0 Å². The number of aromatic nitrogens is 1. The number of nitrogens with zero attached hydrogens (tertiary/aromatic N) is 1. The zero-order chi connectivity index (χ0) is 13.9. The lowest BCUT2D eigenvalue weighted by atomic mass is 9.98. The van der Waals surface area contributed by atoms with Crippen molar-refractivity contribution in [3.8, 4) is 0 Å². The third-order valence-corrected chi connectivity index (χ3v) is 5.51. The van der Waals surface area contributed by atoms with Gasteiger partial charge in [0.25, 0.3) is 0 Å². The van der Waals surface area contributed by atoms with Crippen LogP contribution < -0.4 is 5.32 Å². The van der Waals surface area contributed by atoms with Crippen LogP contribution >= 0.6 is 22.7 Å². The van der Waals surface area contributed by atoms with Crippen molar-refractivity contribution in [1.82, 2.24) is 10.3 Å². The van der Waals surface area contributed by atoms with Gasteiger partial charge in [0.1, 0.15) is 0 Å². The second-order valence-electron chi connectivity index (χ2n) is 5.71. The highest BCUT2D eigenvalue weighted by Crippen LogP contribution is 2.26. The van der Waals surface area contributed by atoms with Crippen LogP contribution in [-0.2, 0) is 24.9 Å². The molecule has 2 aromatic rings. The van der Waals surface area contributed by atoms with E-state index in [1.165, 1.54) is 19.6 Å². The van der Waals surface area contributed by atoms with E-state index >= 15 is 0 Å². The van der Waals surface area contributed by atoms with E-state index in [-0.39, 0.29) is 5.41 Å². The second-order valence-corrected chi connectivity index (χ2v) is 8.07. The molecule has 0 bridgehead atoms. The predicted octanol–water partition coefficient (Wildman–Crippen LogP) is 4.35. The van der Waals surface area contributed by atoms with Crippen LogP contribution in [0, 0.1) is 0 Å². The van der Waals surface area contributed by atoms with Gasteiger partial charge in [-0.15, -0.1) is 22.7 Å². The van der Waals surface area contributed by atoms with E-state index in [9.17, 15) is 0 Å². The quantitative estimate of drug-likeness (QED) is 0.886. The summed E-state index contributed by atoms with van der Waals surface area (Å²) in [5.41, 5.74) is 0.159. The van der Waals surface area contributed by atoms with Gasteiger partial charge in [0.05, 0.1) is 5.01 Å². The molecule has 19 heavy (non-hydrogen) atoms. The Morgan fingerprint density at radius 1 is 1.05 bits per heavy atom. The van der Waals surface area contributed by atoms with Crippen LogP contribution in [0.3, 0.4) is 0 Å². The first-order chi connectivity index (χ1) is 8.99. The highest BCUT2D eigenvalue weighted by Gasteiger charge is 2.17. The molecule has 0 fully saturated rings. The van der Waals surface area contributed by atoms with E-state index in [1.54, 1.807) is 0 Å². The van der Waals surface area contributed by atoms with Crippen molar-refractivity contribution in [3.63, 3.8) is 0 Å². The second kappa shape index (κ2) is 6.16. The molecular formula is C15H22N2S2. The van der Waals surface area contributed by atoms with Gasteiger partial charge in [-0.3, -0.25) is 0 Å². The number of thiophene rings is 1. The monoisotopic (exact) mass is 294 g/mol. The highest BCUT2D eigenvalue weighted by atomic mass is 32.1. The molecule has 4 heteroatoms. The van der Waals surface area contributed by atoms with Crippen molar-refractivity contribution < 1.29 is 0 Å². The topological polar surface area (TPSA) is 24.9 Å². The van der Waals surface area contributed by atoms with Gasteiger partial charge in [0.2, 0.25) is 0 Å². The third-order valence-electron chi connectivity index (χ3n) is 2.86. The Balaban J connectivity index is 1.84. The van der Waals surface area contributed by atoms with Gasteiger partial charge in [-0.05, 0) is 18.6 Å². The van der Waals surface area contributed by atoms with Gasteiger partial charge in [-0.25, -0.2) is 4.98 Å². The first-order valence-electron chi connectivity index (χ1n) is 6.72. The minimum Gasteiger partial charge on any atom is -0.307 e. The van der Waals surface area contributed by atoms with Crippen LogP contribution in [0.15, 0.2) is 18.3 Å². The Morgan fingerprint density at radius 3 is 2.32 bits per heavy atom. The number of nitrogens with one attached hydrogen (secondary N) is 1. The van der Waals surface area contributed by atoms with E-state index in [1.807, 2.05) is 28.9 Å². The predicted molar refractivity (Wildman–Crippen MR) is 85.1 cm³/mol. The Morgan fingerprint density at radius 2 is 1.74 bits per heavy atom. The standard InChI is InChI=1S/C15H22N2S2/c1-5-11-6-7-12(18-11)8-16-9-13-10-17-14(19-13)15(2,3)4/h6-7,10,16H,5,8-9H2,1-4H3. The van der Waals surface area contributed by atoms with Crippen LogP contribution in [-0.4, -0.2) is 4.98 Å². The molecule has 0 aliphatic heterocycles. The lowest BCUT2D eigenvalue weighted by Crippen LogP contribution is -2.11. The van der Waals surface area contributed by atoms with Gasteiger partial charge < -0.3 is 5.32 Å². The maximum atomic E-state index is 4.51. The van der Waals surface area contributed by atoms with Gasteiger partial charge in [0, 0.05) is 39.3 Å². The average Bonchev–Trinajstić information content (AvgIpc) is 2.96. The van der Waals surface area contributed by atoms with Gasteiger partial charge in [-0.1, -0.05) is 27.7 Å². The van der Waals surface area contributed by atoms with Gasteiger partial charge in [0.15, 0.2) is 0 Å². The van der Waals surface area contributed by atoms with Gasteiger partial charge in [-0.2, -0.15) is 0 Å². The van der Waals surface area contributed by atoms with Crippen molar-refractivity contribution in [2.75, 3.05) is 0 Å². The first kappa shape index (κ1) is 14.7. The Bertz CT molecular complexity index is 520. The fourth-order valence-electron chi connectivity index (χ4n) is 1.75. The summed E-state index contributed by atoms with van der Waals surface area (Å²) in [5, 5.41) is 4.72. The van der Waals surface area contributed by atoms with Crippen molar-refractivity contribution in [3.05, 3.63) is 38.0 Å². The maximum Gasteiger partial charge on any atom is 0.0981 e. The summed E-state index contributed by atoms with van der Waals surface area (Å²) >= 11 is 3.72. The largest absolute Gasteiger partial charge is 0.307 e. The minimum atomic E-state index is 0.159. The van der Waals surface area contributed by atoms with Crippen LogP contribution in [0.25, 0.3) is 0 Å². The number of hydrogen-bond donors (Lipinski definition) is 1.